The fourth-order valence-electron chi connectivity index (χ4n) is 1.68. The molecule has 0 heterocycles. The molecule has 1 aromatic carbocycles. The predicted octanol–water partition coefficient (Wildman–Crippen LogP) is 3.99. The van der Waals surface area contributed by atoms with Crippen molar-refractivity contribution in [3.05, 3.63) is 35.4 Å². The van der Waals surface area contributed by atoms with Crippen LogP contribution in [-0.2, 0) is 0 Å². The first kappa shape index (κ1) is 13.6. The minimum atomic E-state index is -0.307. The predicted molar refractivity (Wildman–Crippen MR) is 73.1 cm³/mol. The molecule has 0 fully saturated rings. The first-order valence-corrected chi connectivity index (χ1v) is 7.35. The molecule has 0 bridgehead atoms. The molecule has 0 saturated carbocycles. The summed E-state index contributed by atoms with van der Waals surface area (Å²) in [6, 6.07) is 8.41. The van der Waals surface area contributed by atoms with Gasteiger partial charge in [0, 0.05) is 0 Å². The maximum Gasteiger partial charge on any atom is 0.0797 e. The Morgan fingerprint density at radius 1 is 1.19 bits per heavy atom. The quantitative estimate of drug-likeness (QED) is 0.808. The highest BCUT2D eigenvalue weighted by atomic mass is 32.2. The van der Waals surface area contributed by atoms with E-state index in [-0.39, 0.29) is 6.10 Å². The average Bonchev–Trinajstić information content (AvgIpc) is 2.35. The van der Waals surface area contributed by atoms with Crippen LogP contribution in [0.5, 0.6) is 0 Å². The van der Waals surface area contributed by atoms with Crippen LogP contribution in [0, 0.1) is 0 Å². The van der Waals surface area contributed by atoms with Crippen LogP contribution < -0.4 is 0 Å². The Morgan fingerprint density at radius 3 is 2.25 bits per heavy atom. The largest absolute Gasteiger partial charge is 0.388 e. The molecule has 0 radical (unpaired) electrons. The van der Waals surface area contributed by atoms with Crippen molar-refractivity contribution in [3.63, 3.8) is 0 Å². The number of thioether (sulfide) groups is 1. The molecular formula is C14H22OS. The molecule has 0 saturated heterocycles. The van der Waals surface area contributed by atoms with Gasteiger partial charge >= 0.3 is 0 Å². The van der Waals surface area contributed by atoms with Crippen molar-refractivity contribution in [1.29, 1.82) is 0 Å². The summed E-state index contributed by atoms with van der Waals surface area (Å²) >= 11 is 1.78. The molecule has 0 aliphatic heterocycles. The smallest absolute Gasteiger partial charge is 0.0797 e. The zero-order chi connectivity index (χ0) is 12.0. The highest BCUT2D eigenvalue weighted by Crippen LogP contribution is 2.23. The van der Waals surface area contributed by atoms with E-state index in [1.54, 1.807) is 11.8 Å². The summed E-state index contributed by atoms with van der Waals surface area (Å²) < 4.78 is 0. The van der Waals surface area contributed by atoms with E-state index in [2.05, 4.69) is 44.4 Å². The van der Waals surface area contributed by atoms with Crippen molar-refractivity contribution in [2.45, 2.75) is 38.7 Å². The molecular weight excluding hydrogens is 216 g/mol. The second-order valence-corrected chi connectivity index (χ2v) is 5.26. The number of aliphatic hydroxyl groups is 1. The van der Waals surface area contributed by atoms with Crippen LogP contribution >= 0.6 is 11.8 Å². The second-order valence-electron chi connectivity index (χ2n) is 4.27. The van der Waals surface area contributed by atoms with E-state index in [9.17, 15) is 5.11 Å². The van der Waals surface area contributed by atoms with Crippen LogP contribution in [0.1, 0.15) is 49.8 Å². The average molecular weight is 238 g/mol. The zero-order valence-electron chi connectivity index (χ0n) is 10.4. The fourth-order valence-corrected chi connectivity index (χ4v) is 2.14. The summed E-state index contributed by atoms with van der Waals surface area (Å²) in [6.45, 7) is 4.44. The van der Waals surface area contributed by atoms with E-state index >= 15 is 0 Å². The summed E-state index contributed by atoms with van der Waals surface area (Å²) in [7, 11) is 0. The lowest BCUT2D eigenvalue weighted by Gasteiger charge is -2.13. The Balaban J connectivity index is 2.63. The molecule has 0 amide bonds. The Kier molecular flexibility index (Phi) is 5.93. The van der Waals surface area contributed by atoms with Gasteiger partial charge in [0.1, 0.15) is 0 Å². The van der Waals surface area contributed by atoms with Crippen molar-refractivity contribution < 1.29 is 5.11 Å². The van der Waals surface area contributed by atoms with Crippen LogP contribution in [0.2, 0.25) is 0 Å². The maximum atomic E-state index is 9.92. The first-order chi connectivity index (χ1) is 7.69. The molecule has 0 aromatic heterocycles. The lowest BCUT2D eigenvalue weighted by molar-refractivity contribution is 0.175. The molecule has 0 aliphatic carbocycles. The van der Waals surface area contributed by atoms with E-state index in [0.717, 1.165) is 24.2 Å². The van der Waals surface area contributed by atoms with Crippen LogP contribution in [-0.4, -0.2) is 17.1 Å². The molecule has 90 valence electrons. The number of hydrogen-bond acceptors (Lipinski definition) is 2. The van der Waals surface area contributed by atoms with Gasteiger partial charge in [0.2, 0.25) is 0 Å². The number of hydrogen-bond donors (Lipinski definition) is 1. The molecule has 2 heteroatoms. The van der Waals surface area contributed by atoms with Crippen molar-refractivity contribution in [1.82, 2.24) is 0 Å². The highest BCUT2D eigenvalue weighted by Gasteiger charge is 2.08. The third-order valence-electron chi connectivity index (χ3n) is 3.10. The highest BCUT2D eigenvalue weighted by molar-refractivity contribution is 7.98. The Hall–Kier alpha value is -0.470. The van der Waals surface area contributed by atoms with Crippen molar-refractivity contribution >= 4 is 11.8 Å². The molecule has 1 aromatic rings. The monoisotopic (exact) mass is 238 g/mol. The lowest BCUT2D eigenvalue weighted by Crippen LogP contribution is -1.99. The summed E-state index contributed by atoms with van der Waals surface area (Å²) in [5, 5.41) is 9.92. The van der Waals surface area contributed by atoms with Gasteiger partial charge in [-0.1, -0.05) is 38.1 Å². The molecule has 1 N–H and O–H groups in total. The van der Waals surface area contributed by atoms with Gasteiger partial charge in [-0.25, -0.2) is 0 Å². The molecule has 16 heavy (non-hydrogen) atoms. The van der Waals surface area contributed by atoms with Gasteiger partial charge in [0.15, 0.2) is 0 Å². The molecule has 0 spiro atoms. The van der Waals surface area contributed by atoms with Crippen LogP contribution in [0.25, 0.3) is 0 Å². The number of rotatable bonds is 6. The van der Waals surface area contributed by atoms with Gasteiger partial charge in [-0.15, -0.1) is 0 Å². The van der Waals surface area contributed by atoms with Gasteiger partial charge < -0.3 is 5.11 Å². The lowest BCUT2D eigenvalue weighted by atomic mass is 9.96. The van der Waals surface area contributed by atoms with Crippen LogP contribution in [0.3, 0.4) is 0 Å². The first-order valence-electron chi connectivity index (χ1n) is 5.95. The Bertz CT molecular complexity index is 294. The third kappa shape index (κ3) is 3.84. The Labute approximate surface area is 103 Å². The van der Waals surface area contributed by atoms with Crippen molar-refractivity contribution in [2.75, 3.05) is 12.0 Å². The molecule has 2 unspecified atom stereocenters. The molecule has 2 atom stereocenters. The summed E-state index contributed by atoms with van der Waals surface area (Å²) in [6.07, 6.45) is 3.76. The number of benzene rings is 1. The van der Waals surface area contributed by atoms with Gasteiger partial charge in [-0.2, -0.15) is 11.8 Å². The van der Waals surface area contributed by atoms with Gasteiger partial charge in [-0.3, -0.25) is 0 Å². The van der Waals surface area contributed by atoms with Gasteiger partial charge in [0.05, 0.1) is 6.10 Å². The number of aliphatic hydroxyl groups excluding tert-OH is 1. The minimum absolute atomic E-state index is 0.307. The van der Waals surface area contributed by atoms with E-state index in [1.165, 1.54) is 5.56 Å². The molecule has 0 aliphatic rings. The molecule has 1 nitrogen and oxygen atoms in total. The summed E-state index contributed by atoms with van der Waals surface area (Å²) in [5.41, 5.74) is 2.41. The van der Waals surface area contributed by atoms with Crippen molar-refractivity contribution in [3.8, 4) is 0 Å². The second kappa shape index (κ2) is 6.97. The topological polar surface area (TPSA) is 20.2 Å². The SMILES string of the molecule is CCC(C)c1ccc(C(O)CCSC)cc1. The zero-order valence-corrected chi connectivity index (χ0v) is 11.3. The summed E-state index contributed by atoms with van der Waals surface area (Å²) in [5.74, 6) is 1.62. The van der Waals surface area contributed by atoms with Crippen LogP contribution in [0.4, 0.5) is 0 Å². The Morgan fingerprint density at radius 2 is 1.75 bits per heavy atom. The maximum absolute atomic E-state index is 9.92. The fraction of sp³-hybridized carbons (Fsp3) is 0.571. The third-order valence-corrected chi connectivity index (χ3v) is 3.74. The minimum Gasteiger partial charge on any atom is -0.388 e. The van der Waals surface area contributed by atoms with E-state index in [1.807, 2.05) is 0 Å². The molecule has 1 rings (SSSR count). The van der Waals surface area contributed by atoms with E-state index < -0.39 is 0 Å². The standard InChI is InChI=1S/C14H22OS/c1-4-11(2)12-5-7-13(8-6-12)14(15)9-10-16-3/h5-8,11,14-15H,4,9-10H2,1-3H3. The van der Waals surface area contributed by atoms with E-state index in [0.29, 0.717) is 5.92 Å². The van der Waals surface area contributed by atoms with Crippen molar-refractivity contribution in [2.24, 2.45) is 0 Å². The van der Waals surface area contributed by atoms with Gasteiger partial charge in [0.25, 0.3) is 0 Å². The normalized spacial score (nSPS) is 14.8. The summed E-state index contributed by atoms with van der Waals surface area (Å²) in [4.78, 5) is 0. The van der Waals surface area contributed by atoms with E-state index in [4.69, 9.17) is 0 Å². The van der Waals surface area contributed by atoms with Crippen LogP contribution in [0.15, 0.2) is 24.3 Å². The van der Waals surface area contributed by atoms with Gasteiger partial charge in [-0.05, 0) is 41.9 Å².